The zero-order chi connectivity index (χ0) is 27.9. The summed E-state index contributed by atoms with van der Waals surface area (Å²) < 4.78 is 27.9. The molecular weight excluding hydrogens is 544 g/mol. The maximum atomic E-state index is 12.9. The van der Waals surface area contributed by atoms with Crippen molar-refractivity contribution in [3.63, 3.8) is 0 Å². The normalized spacial score (nSPS) is 10.9. The molecular formula is C28H25ClN2O7S. The summed E-state index contributed by atoms with van der Waals surface area (Å²) in [5, 5.41) is 3.77. The summed E-state index contributed by atoms with van der Waals surface area (Å²) in [4.78, 5) is 29.8. The Morgan fingerprint density at radius 3 is 2.28 bits per heavy atom. The van der Waals surface area contributed by atoms with Crippen molar-refractivity contribution in [1.82, 2.24) is 4.98 Å². The minimum Gasteiger partial charge on any atom is -0.493 e. The number of halogens is 1. The second-order valence-electron chi connectivity index (χ2n) is 7.99. The van der Waals surface area contributed by atoms with Crippen LogP contribution in [0.2, 0.25) is 5.02 Å². The van der Waals surface area contributed by atoms with Crippen LogP contribution in [0.3, 0.4) is 0 Å². The number of allylic oxidation sites excluding steroid dienone is 1. The third kappa shape index (κ3) is 6.60. The predicted molar refractivity (Wildman–Crippen MR) is 151 cm³/mol. The number of hydrogen-bond donors (Lipinski definition) is 1. The van der Waals surface area contributed by atoms with Gasteiger partial charge in [-0.1, -0.05) is 35.1 Å². The summed E-state index contributed by atoms with van der Waals surface area (Å²) in [5.74, 6) is 1.26. The topological polar surface area (TPSA) is 105 Å². The number of ether oxygens (including phenoxy) is 5. The highest BCUT2D eigenvalue weighted by atomic mass is 35.5. The number of thiazole rings is 1. The lowest BCUT2D eigenvalue weighted by atomic mass is 10.1. The highest BCUT2D eigenvalue weighted by Gasteiger charge is 2.16. The minimum atomic E-state index is -0.388. The van der Waals surface area contributed by atoms with Crippen molar-refractivity contribution in [1.29, 1.82) is 0 Å². The second kappa shape index (κ2) is 12.5. The van der Waals surface area contributed by atoms with Crippen molar-refractivity contribution >= 4 is 56.1 Å². The molecule has 4 rings (SSSR count). The van der Waals surface area contributed by atoms with Crippen LogP contribution < -0.4 is 29.0 Å². The Labute approximate surface area is 233 Å². The number of benzene rings is 3. The molecule has 11 heteroatoms. The molecule has 1 N–H and O–H groups in total. The van der Waals surface area contributed by atoms with Crippen molar-refractivity contribution in [3.05, 3.63) is 70.8 Å². The maximum Gasteiger partial charge on any atom is 0.264 e. The molecule has 0 aliphatic rings. The van der Waals surface area contributed by atoms with E-state index < -0.39 is 0 Å². The van der Waals surface area contributed by atoms with Crippen molar-refractivity contribution in [2.24, 2.45) is 0 Å². The van der Waals surface area contributed by atoms with Gasteiger partial charge in [0.2, 0.25) is 5.75 Å². The molecule has 1 heterocycles. The van der Waals surface area contributed by atoms with Gasteiger partial charge in [-0.05, 0) is 54.1 Å². The molecule has 0 bridgehead atoms. The van der Waals surface area contributed by atoms with Gasteiger partial charge in [-0.2, -0.15) is 0 Å². The first-order valence-electron chi connectivity index (χ1n) is 11.5. The van der Waals surface area contributed by atoms with Crippen LogP contribution in [0.25, 0.3) is 16.3 Å². The first-order chi connectivity index (χ1) is 18.8. The Morgan fingerprint density at radius 2 is 1.62 bits per heavy atom. The SMILES string of the molecule is COc1ccc(/C=C/C(=O)c2cc(OC)c(OC)c(OC)c2)cc1OCC(=O)Nc1nc2ccc(Cl)cc2s1. The highest BCUT2D eigenvalue weighted by Crippen LogP contribution is 2.38. The second-order valence-corrected chi connectivity index (χ2v) is 9.46. The fourth-order valence-electron chi connectivity index (χ4n) is 3.65. The number of carbonyl (C=O) groups is 2. The van der Waals surface area contributed by atoms with E-state index in [4.69, 9.17) is 35.3 Å². The fourth-order valence-corrected chi connectivity index (χ4v) is 4.81. The first-order valence-corrected chi connectivity index (χ1v) is 12.7. The van der Waals surface area contributed by atoms with Crippen LogP contribution >= 0.6 is 22.9 Å². The van der Waals surface area contributed by atoms with Gasteiger partial charge in [0.15, 0.2) is 40.5 Å². The third-order valence-corrected chi connectivity index (χ3v) is 6.69. The smallest absolute Gasteiger partial charge is 0.264 e. The lowest BCUT2D eigenvalue weighted by Gasteiger charge is -2.13. The van der Waals surface area contributed by atoms with Crippen molar-refractivity contribution < 1.29 is 33.3 Å². The van der Waals surface area contributed by atoms with Gasteiger partial charge in [0.1, 0.15) is 0 Å². The van der Waals surface area contributed by atoms with E-state index in [2.05, 4.69) is 10.3 Å². The molecule has 3 aromatic carbocycles. The summed E-state index contributed by atoms with van der Waals surface area (Å²) in [6.45, 7) is -0.273. The van der Waals surface area contributed by atoms with Gasteiger partial charge in [-0.3, -0.25) is 14.9 Å². The zero-order valence-corrected chi connectivity index (χ0v) is 23.1. The lowest BCUT2D eigenvalue weighted by molar-refractivity contribution is -0.118. The van der Waals surface area contributed by atoms with Gasteiger partial charge >= 0.3 is 0 Å². The van der Waals surface area contributed by atoms with E-state index in [0.717, 1.165) is 10.2 Å². The largest absolute Gasteiger partial charge is 0.493 e. The molecule has 4 aromatic rings. The van der Waals surface area contributed by atoms with Crippen LogP contribution in [-0.2, 0) is 4.79 Å². The molecule has 0 aliphatic heterocycles. The van der Waals surface area contributed by atoms with Gasteiger partial charge in [-0.25, -0.2) is 4.98 Å². The summed E-state index contributed by atoms with van der Waals surface area (Å²) in [6, 6.07) is 13.6. The molecule has 9 nitrogen and oxygen atoms in total. The van der Waals surface area contributed by atoms with Crippen LogP contribution in [0, 0.1) is 0 Å². The Bertz CT molecular complexity index is 1530. The molecule has 0 unspecified atom stereocenters. The number of fused-ring (bicyclic) bond motifs is 1. The van der Waals surface area contributed by atoms with Gasteiger partial charge in [0.05, 0.1) is 38.7 Å². The summed E-state index contributed by atoms with van der Waals surface area (Å²) >= 11 is 7.33. The molecule has 0 radical (unpaired) electrons. The highest BCUT2D eigenvalue weighted by molar-refractivity contribution is 7.22. The number of anilines is 1. The van der Waals surface area contributed by atoms with Gasteiger partial charge in [0, 0.05) is 10.6 Å². The van der Waals surface area contributed by atoms with Crippen molar-refractivity contribution in [3.8, 4) is 28.7 Å². The van der Waals surface area contributed by atoms with Crippen molar-refractivity contribution in [2.75, 3.05) is 40.4 Å². The third-order valence-electron chi connectivity index (χ3n) is 5.52. The molecule has 0 saturated heterocycles. The van der Waals surface area contributed by atoms with E-state index in [1.165, 1.54) is 45.9 Å². The lowest BCUT2D eigenvalue weighted by Crippen LogP contribution is -2.20. The summed E-state index contributed by atoms with van der Waals surface area (Å²) in [6.07, 6.45) is 3.04. The van der Waals surface area contributed by atoms with E-state index >= 15 is 0 Å². The molecule has 1 amide bonds. The number of nitrogens with zero attached hydrogens (tertiary/aromatic N) is 1. The number of ketones is 1. The fraction of sp³-hybridized carbons (Fsp3) is 0.179. The number of methoxy groups -OCH3 is 4. The van der Waals surface area contributed by atoms with E-state index in [-0.39, 0.29) is 18.3 Å². The quantitative estimate of drug-likeness (QED) is 0.176. The standard InChI is InChI=1S/C28H25ClN2O7S/c1-34-21-10-6-16(5-9-20(32)17-12-23(35-2)27(37-4)24(13-17)36-3)11-22(21)38-15-26(33)31-28-30-19-8-7-18(29)14-25(19)39-28/h5-14H,15H2,1-4H3,(H,30,31,33)/b9-5+. The number of amides is 1. The van der Waals surface area contributed by atoms with Crippen molar-refractivity contribution in [2.45, 2.75) is 0 Å². The van der Waals surface area contributed by atoms with Crippen LogP contribution in [-0.4, -0.2) is 51.7 Å². The molecule has 39 heavy (non-hydrogen) atoms. The molecule has 0 atom stereocenters. The monoisotopic (exact) mass is 568 g/mol. The van der Waals surface area contributed by atoms with Gasteiger partial charge in [0.25, 0.3) is 5.91 Å². The minimum absolute atomic E-state index is 0.273. The number of nitrogens with one attached hydrogen (secondary N) is 1. The molecule has 1 aromatic heterocycles. The Kier molecular flexibility index (Phi) is 8.90. The predicted octanol–water partition coefficient (Wildman–Crippen LogP) is 5.90. The molecule has 202 valence electrons. The van der Waals surface area contributed by atoms with E-state index in [1.807, 2.05) is 0 Å². The van der Waals surface area contributed by atoms with Gasteiger partial charge in [-0.15, -0.1) is 0 Å². The van der Waals surface area contributed by atoms with Crippen LogP contribution in [0.5, 0.6) is 28.7 Å². The summed E-state index contributed by atoms with van der Waals surface area (Å²) in [7, 11) is 5.95. The van der Waals surface area contributed by atoms with E-state index in [9.17, 15) is 9.59 Å². The Morgan fingerprint density at radius 1 is 0.897 bits per heavy atom. The molecule has 0 fully saturated rings. The maximum absolute atomic E-state index is 12.9. The number of aromatic nitrogens is 1. The molecule has 0 aliphatic carbocycles. The Balaban J connectivity index is 1.45. The number of rotatable bonds is 11. The van der Waals surface area contributed by atoms with Gasteiger partial charge < -0.3 is 23.7 Å². The summed E-state index contributed by atoms with van der Waals surface area (Å²) in [5.41, 5.74) is 1.76. The number of hydrogen-bond acceptors (Lipinski definition) is 9. The average Bonchev–Trinajstić information content (AvgIpc) is 3.34. The average molecular weight is 569 g/mol. The van der Waals surface area contributed by atoms with Crippen LogP contribution in [0.15, 0.2) is 54.6 Å². The van der Waals surface area contributed by atoms with E-state index in [1.54, 1.807) is 54.6 Å². The molecule has 0 saturated carbocycles. The molecule has 0 spiro atoms. The van der Waals surface area contributed by atoms with Crippen LogP contribution in [0.4, 0.5) is 5.13 Å². The van der Waals surface area contributed by atoms with Crippen LogP contribution in [0.1, 0.15) is 15.9 Å². The van der Waals surface area contributed by atoms with E-state index in [0.29, 0.717) is 50.0 Å². The first kappa shape index (κ1) is 27.7. The zero-order valence-electron chi connectivity index (χ0n) is 21.6. The number of carbonyl (C=O) groups excluding carboxylic acids is 2. The Hall–Kier alpha value is -4.28.